The van der Waals surface area contributed by atoms with Gasteiger partial charge in [0.2, 0.25) is 0 Å². The van der Waals surface area contributed by atoms with E-state index in [1.54, 1.807) is 0 Å². The van der Waals surface area contributed by atoms with E-state index in [1.165, 1.54) is 89.0 Å². The average molecular weight is 1300 g/mol. The van der Waals surface area contributed by atoms with Crippen molar-refractivity contribution in [3.05, 3.63) is 456 Å². The van der Waals surface area contributed by atoms with Crippen LogP contribution in [0, 0.1) is 13.8 Å². The summed E-state index contributed by atoms with van der Waals surface area (Å²) in [5.41, 5.74) is 34.3. The zero-order chi connectivity index (χ0) is 68.1. The summed E-state index contributed by atoms with van der Waals surface area (Å²) < 4.78 is 0. The van der Waals surface area contributed by atoms with Gasteiger partial charge < -0.3 is 9.80 Å². The van der Waals surface area contributed by atoms with Gasteiger partial charge in [0, 0.05) is 33.9 Å². The minimum Gasteiger partial charge on any atom is -0.310 e. The Labute approximate surface area is 598 Å². The Morgan fingerprint density at radius 1 is 0.176 bits per heavy atom. The standard InChI is InChI=1S/C100H72N2/c1-69-65-77(57-63-95(69)101(97-47-27-23-41-85(97)75-53-49-73(50-54-75)71-29-9-3-10-30-71)83-59-61-89-87-43-21-25-45-91(87)99(93(89)67-83,79-33-13-5-14-34-79)80-35-15-6-16-36-80)78-58-64-96(70(2)66-78)102(98-48-28-24-42-86(98)76-55-51-74(52-56-76)72-31-11-4-12-32-72)84-60-62-90-88-44-22-26-46-92(88)100(94(90)68-84,81-37-17-7-18-38-81)82-39-19-8-20-40-82/h3-68H,1-2H3. The molecule has 2 heteroatoms. The van der Waals surface area contributed by atoms with Crippen molar-refractivity contribution in [1.29, 1.82) is 0 Å². The van der Waals surface area contributed by atoms with E-state index in [-0.39, 0.29) is 0 Å². The van der Waals surface area contributed by atoms with Crippen molar-refractivity contribution in [3.8, 4) is 77.9 Å². The van der Waals surface area contributed by atoms with E-state index in [2.05, 4.69) is 424 Å². The summed E-state index contributed by atoms with van der Waals surface area (Å²) in [6.45, 7) is 4.57. The Bertz CT molecular complexity index is 5310. The predicted molar refractivity (Wildman–Crippen MR) is 427 cm³/mol. The van der Waals surface area contributed by atoms with Gasteiger partial charge in [0.15, 0.2) is 0 Å². The lowest BCUT2D eigenvalue weighted by Gasteiger charge is -2.35. The van der Waals surface area contributed by atoms with Crippen LogP contribution in [-0.2, 0) is 10.8 Å². The molecule has 0 heterocycles. The minimum atomic E-state index is -0.584. The number of nitrogens with zero attached hydrogens (tertiary/aromatic N) is 2. The van der Waals surface area contributed by atoms with E-state index in [0.717, 1.165) is 78.6 Å². The lowest BCUT2D eigenvalue weighted by Crippen LogP contribution is -2.28. The molecular weight excluding hydrogens is 1230 g/mol. The highest BCUT2D eigenvalue weighted by Crippen LogP contribution is 2.60. The zero-order valence-corrected chi connectivity index (χ0v) is 57.0. The highest BCUT2D eigenvalue weighted by atomic mass is 15.2. The topological polar surface area (TPSA) is 6.48 Å². The van der Waals surface area contributed by atoms with Crippen molar-refractivity contribution >= 4 is 34.1 Å². The van der Waals surface area contributed by atoms with Gasteiger partial charge in [-0.2, -0.15) is 0 Å². The normalized spacial score (nSPS) is 12.8. The highest BCUT2D eigenvalue weighted by molar-refractivity contribution is 5.96. The van der Waals surface area contributed by atoms with Crippen LogP contribution in [0.1, 0.15) is 55.6 Å². The van der Waals surface area contributed by atoms with E-state index in [1.807, 2.05) is 0 Å². The number of rotatable bonds is 15. The van der Waals surface area contributed by atoms with Crippen LogP contribution >= 0.6 is 0 Å². The molecule has 482 valence electrons. The van der Waals surface area contributed by atoms with Gasteiger partial charge in [-0.05, 0) is 197 Å². The quantitative estimate of drug-likeness (QED) is 0.101. The molecule has 0 amide bonds. The maximum Gasteiger partial charge on any atom is 0.0714 e. The minimum absolute atomic E-state index is 0.584. The summed E-state index contributed by atoms with van der Waals surface area (Å²) in [6, 6.07) is 149. The third-order valence-electron chi connectivity index (χ3n) is 21.5. The van der Waals surface area contributed by atoms with Crippen LogP contribution in [0.25, 0.3) is 77.9 Å². The number of para-hydroxylation sites is 2. The summed E-state index contributed by atoms with van der Waals surface area (Å²) in [5.74, 6) is 0. The number of benzene rings is 16. The smallest absolute Gasteiger partial charge is 0.0714 e. The molecule has 0 bridgehead atoms. The monoisotopic (exact) mass is 1300 g/mol. The van der Waals surface area contributed by atoms with Crippen LogP contribution in [0.5, 0.6) is 0 Å². The van der Waals surface area contributed by atoms with E-state index < -0.39 is 10.8 Å². The number of anilines is 6. The van der Waals surface area contributed by atoms with Crippen molar-refractivity contribution in [2.45, 2.75) is 24.7 Å². The maximum absolute atomic E-state index is 2.52. The van der Waals surface area contributed by atoms with Gasteiger partial charge in [-0.15, -0.1) is 0 Å². The SMILES string of the molecule is Cc1cc(-c2ccc(N(c3ccc4c(c3)C(c3ccccc3)(c3ccccc3)c3ccccc3-4)c3ccccc3-c3ccc(-c4ccccc4)cc3)c(C)c2)ccc1N(c1ccc2c(c1)C(c1ccccc1)(c1ccccc1)c1ccccc1-2)c1ccccc1-c1ccc(-c2ccccc2)cc1. The Morgan fingerprint density at radius 2 is 0.441 bits per heavy atom. The second-order valence-corrected chi connectivity index (χ2v) is 27.1. The first-order valence-corrected chi connectivity index (χ1v) is 35.5. The van der Waals surface area contributed by atoms with Gasteiger partial charge in [-0.25, -0.2) is 0 Å². The first-order chi connectivity index (χ1) is 50.4. The molecule has 0 spiro atoms. The third-order valence-corrected chi connectivity index (χ3v) is 21.5. The Kier molecular flexibility index (Phi) is 15.5. The molecule has 16 aromatic carbocycles. The number of hydrogen-bond acceptors (Lipinski definition) is 2. The molecule has 0 aliphatic heterocycles. The molecule has 0 unspecified atom stereocenters. The fourth-order valence-corrected chi connectivity index (χ4v) is 16.9. The fraction of sp³-hybridized carbons (Fsp3) is 0.0400. The van der Waals surface area contributed by atoms with Crippen LogP contribution < -0.4 is 9.80 Å². The average Bonchev–Trinajstić information content (AvgIpc) is 1.53. The number of fused-ring (bicyclic) bond motifs is 6. The van der Waals surface area contributed by atoms with Gasteiger partial charge in [0.25, 0.3) is 0 Å². The van der Waals surface area contributed by atoms with E-state index >= 15 is 0 Å². The molecule has 0 saturated carbocycles. The van der Waals surface area contributed by atoms with Gasteiger partial charge in [0.1, 0.15) is 0 Å². The van der Waals surface area contributed by atoms with Crippen molar-refractivity contribution in [1.82, 2.24) is 0 Å². The number of hydrogen-bond donors (Lipinski definition) is 0. The number of aryl methyl sites for hydroxylation is 2. The van der Waals surface area contributed by atoms with Crippen LogP contribution in [0.4, 0.5) is 34.1 Å². The molecule has 102 heavy (non-hydrogen) atoms. The first kappa shape index (κ1) is 61.5. The van der Waals surface area contributed by atoms with Gasteiger partial charge in [0.05, 0.1) is 22.2 Å². The molecule has 0 radical (unpaired) electrons. The summed E-state index contributed by atoms with van der Waals surface area (Å²) in [5, 5.41) is 0. The maximum atomic E-state index is 2.52. The second kappa shape index (κ2) is 25.8. The Balaban J connectivity index is 0.792. The zero-order valence-electron chi connectivity index (χ0n) is 57.0. The van der Waals surface area contributed by atoms with Crippen LogP contribution in [0.3, 0.4) is 0 Å². The van der Waals surface area contributed by atoms with Crippen molar-refractivity contribution in [2.75, 3.05) is 9.80 Å². The molecule has 16 aromatic rings. The van der Waals surface area contributed by atoms with Crippen molar-refractivity contribution in [2.24, 2.45) is 0 Å². The molecule has 2 aliphatic carbocycles. The van der Waals surface area contributed by atoms with Gasteiger partial charge in [-0.3, -0.25) is 0 Å². The van der Waals surface area contributed by atoms with Crippen molar-refractivity contribution in [3.63, 3.8) is 0 Å². The molecule has 18 rings (SSSR count). The highest BCUT2D eigenvalue weighted by Gasteiger charge is 2.48. The largest absolute Gasteiger partial charge is 0.310 e. The van der Waals surface area contributed by atoms with E-state index in [4.69, 9.17) is 0 Å². The second-order valence-electron chi connectivity index (χ2n) is 27.1. The van der Waals surface area contributed by atoms with Gasteiger partial charge >= 0.3 is 0 Å². The van der Waals surface area contributed by atoms with Crippen LogP contribution in [0.2, 0.25) is 0 Å². The molecule has 0 aromatic heterocycles. The lowest BCUT2D eigenvalue weighted by atomic mass is 9.67. The molecule has 0 N–H and O–H groups in total. The third kappa shape index (κ3) is 10.2. The molecular formula is C100H72N2. The Hall–Kier alpha value is -12.9. The molecule has 0 fully saturated rings. The summed E-state index contributed by atoms with van der Waals surface area (Å²) in [4.78, 5) is 5.03. The molecule has 0 saturated heterocycles. The summed E-state index contributed by atoms with van der Waals surface area (Å²) >= 11 is 0. The predicted octanol–water partition coefficient (Wildman–Crippen LogP) is 26.3. The van der Waals surface area contributed by atoms with Crippen LogP contribution in [0.15, 0.2) is 400 Å². The van der Waals surface area contributed by atoms with Gasteiger partial charge in [-0.1, -0.05) is 340 Å². The molecule has 2 aliphatic rings. The van der Waals surface area contributed by atoms with E-state index in [9.17, 15) is 0 Å². The molecule has 0 atom stereocenters. The first-order valence-electron chi connectivity index (χ1n) is 35.5. The molecule has 2 nitrogen and oxygen atoms in total. The fourth-order valence-electron chi connectivity index (χ4n) is 16.9. The van der Waals surface area contributed by atoms with Crippen LogP contribution in [-0.4, -0.2) is 0 Å². The summed E-state index contributed by atoms with van der Waals surface area (Å²) in [7, 11) is 0. The van der Waals surface area contributed by atoms with Crippen molar-refractivity contribution < 1.29 is 0 Å². The lowest BCUT2D eigenvalue weighted by molar-refractivity contribution is 0.768. The van der Waals surface area contributed by atoms with E-state index in [0.29, 0.717) is 0 Å². The Morgan fingerprint density at radius 3 is 0.784 bits per heavy atom. The summed E-state index contributed by atoms with van der Waals surface area (Å²) in [6.07, 6.45) is 0.